The van der Waals surface area contributed by atoms with Gasteiger partial charge in [-0.3, -0.25) is 0 Å². The standard InChI is InChI=1S/C47H35N/c1-47(2)43-23-13-12-22-42(43)45-44(47)31-36-18-8-9-21-41(36)46(45)48(38-29-24-32-14-6-7-17-35(32)30-38)37-27-25-34(26-28-37)40-20-11-10-19-39(40)33-15-4-3-5-16-33/h3-31H,1-2H3. The van der Waals surface area contributed by atoms with Crippen molar-refractivity contribution >= 4 is 38.6 Å². The molecule has 228 valence electrons. The third kappa shape index (κ3) is 4.47. The molecule has 1 nitrogen and oxygen atoms in total. The lowest BCUT2D eigenvalue weighted by Crippen LogP contribution is -2.16. The van der Waals surface area contributed by atoms with Crippen LogP contribution in [-0.2, 0) is 5.41 Å². The summed E-state index contributed by atoms with van der Waals surface area (Å²) in [7, 11) is 0. The minimum atomic E-state index is -0.120. The maximum Gasteiger partial charge on any atom is 0.0621 e. The molecule has 0 unspecified atom stereocenters. The highest BCUT2D eigenvalue weighted by atomic mass is 15.1. The van der Waals surface area contributed by atoms with Gasteiger partial charge in [0.25, 0.3) is 0 Å². The minimum Gasteiger partial charge on any atom is -0.309 e. The molecular formula is C47H35N. The maximum atomic E-state index is 2.50. The Bertz CT molecular complexity index is 2470. The summed E-state index contributed by atoms with van der Waals surface area (Å²) in [4.78, 5) is 2.50. The number of nitrogens with zero attached hydrogens (tertiary/aromatic N) is 1. The second-order valence-electron chi connectivity index (χ2n) is 13.4. The van der Waals surface area contributed by atoms with Gasteiger partial charge in [0.15, 0.2) is 0 Å². The molecule has 0 aromatic heterocycles. The lowest BCUT2D eigenvalue weighted by molar-refractivity contribution is 0.661. The first-order chi connectivity index (χ1) is 23.6. The van der Waals surface area contributed by atoms with Crippen LogP contribution in [0.4, 0.5) is 17.1 Å². The van der Waals surface area contributed by atoms with Crippen molar-refractivity contribution in [3.63, 3.8) is 0 Å². The van der Waals surface area contributed by atoms with Gasteiger partial charge in [-0.2, -0.15) is 0 Å². The topological polar surface area (TPSA) is 3.24 Å². The first-order valence-electron chi connectivity index (χ1n) is 16.8. The lowest BCUT2D eigenvalue weighted by atomic mass is 9.81. The third-order valence-electron chi connectivity index (χ3n) is 10.2. The smallest absolute Gasteiger partial charge is 0.0621 e. The zero-order valence-corrected chi connectivity index (χ0v) is 27.2. The fraction of sp³-hybridized carbons (Fsp3) is 0.0638. The molecule has 1 aliphatic carbocycles. The first-order valence-corrected chi connectivity index (χ1v) is 16.8. The zero-order valence-electron chi connectivity index (χ0n) is 27.2. The molecule has 0 saturated heterocycles. The second kappa shape index (κ2) is 11.1. The van der Waals surface area contributed by atoms with Gasteiger partial charge in [0, 0.05) is 27.7 Å². The van der Waals surface area contributed by atoms with Crippen LogP contribution in [0.1, 0.15) is 25.0 Å². The molecule has 0 N–H and O–H groups in total. The van der Waals surface area contributed by atoms with Crippen LogP contribution in [0.2, 0.25) is 0 Å². The van der Waals surface area contributed by atoms with Crippen molar-refractivity contribution in [3.05, 3.63) is 187 Å². The lowest BCUT2D eigenvalue weighted by Gasteiger charge is -2.31. The van der Waals surface area contributed by atoms with Crippen LogP contribution in [0.5, 0.6) is 0 Å². The summed E-state index contributed by atoms with van der Waals surface area (Å²) in [5.74, 6) is 0. The van der Waals surface area contributed by atoms with Crippen LogP contribution in [0.3, 0.4) is 0 Å². The van der Waals surface area contributed by atoms with Crippen LogP contribution in [0, 0.1) is 0 Å². The zero-order chi connectivity index (χ0) is 32.2. The number of hydrogen-bond acceptors (Lipinski definition) is 1. The number of fused-ring (bicyclic) bond motifs is 5. The molecule has 1 heteroatoms. The van der Waals surface area contributed by atoms with Crippen molar-refractivity contribution in [2.45, 2.75) is 19.3 Å². The largest absolute Gasteiger partial charge is 0.309 e. The average Bonchev–Trinajstić information content (AvgIpc) is 3.37. The van der Waals surface area contributed by atoms with Crippen LogP contribution < -0.4 is 4.90 Å². The quantitative estimate of drug-likeness (QED) is 0.187. The van der Waals surface area contributed by atoms with Gasteiger partial charge in [0.1, 0.15) is 0 Å². The maximum absolute atomic E-state index is 2.50. The number of benzene rings is 8. The van der Waals surface area contributed by atoms with E-state index in [1.165, 1.54) is 71.7 Å². The Morgan fingerprint density at radius 3 is 1.71 bits per heavy atom. The molecule has 0 amide bonds. The summed E-state index contributed by atoms with van der Waals surface area (Å²) in [6, 6.07) is 64.4. The Morgan fingerprint density at radius 1 is 0.396 bits per heavy atom. The van der Waals surface area contributed by atoms with E-state index in [0.717, 1.165) is 11.4 Å². The van der Waals surface area contributed by atoms with E-state index in [9.17, 15) is 0 Å². The monoisotopic (exact) mass is 613 g/mol. The normalized spacial score (nSPS) is 13.0. The van der Waals surface area contributed by atoms with Gasteiger partial charge >= 0.3 is 0 Å². The molecular weight excluding hydrogens is 579 g/mol. The predicted octanol–water partition coefficient (Wildman–Crippen LogP) is 13.1. The Balaban J connectivity index is 1.30. The fourth-order valence-electron chi connectivity index (χ4n) is 7.83. The third-order valence-corrected chi connectivity index (χ3v) is 10.2. The SMILES string of the molecule is CC1(C)c2ccccc2-c2c1cc1ccccc1c2N(c1ccc(-c2ccccc2-c2ccccc2)cc1)c1ccc2ccccc2c1. The average molecular weight is 614 g/mol. The summed E-state index contributed by atoms with van der Waals surface area (Å²) in [5.41, 5.74) is 13.7. The van der Waals surface area contributed by atoms with Crippen LogP contribution in [-0.4, -0.2) is 0 Å². The molecule has 0 radical (unpaired) electrons. The highest BCUT2D eigenvalue weighted by Crippen LogP contribution is 2.56. The molecule has 0 heterocycles. The molecule has 0 aliphatic heterocycles. The summed E-state index contributed by atoms with van der Waals surface area (Å²) in [5, 5.41) is 4.97. The molecule has 0 spiro atoms. The van der Waals surface area contributed by atoms with E-state index in [1.807, 2.05) is 0 Å². The van der Waals surface area contributed by atoms with E-state index in [-0.39, 0.29) is 5.41 Å². The summed E-state index contributed by atoms with van der Waals surface area (Å²) in [6.07, 6.45) is 0. The Morgan fingerprint density at radius 2 is 0.958 bits per heavy atom. The van der Waals surface area contributed by atoms with Crippen molar-refractivity contribution in [1.29, 1.82) is 0 Å². The van der Waals surface area contributed by atoms with Gasteiger partial charge in [-0.05, 0) is 85.4 Å². The van der Waals surface area contributed by atoms with E-state index in [0.29, 0.717) is 0 Å². The van der Waals surface area contributed by atoms with Crippen LogP contribution in [0.15, 0.2) is 176 Å². The highest BCUT2D eigenvalue weighted by molar-refractivity contribution is 6.10. The molecule has 0 atom stereocenters. The van der Waals surface area contributed by atoms with Crippen molar-refractivity contribution < 1.29 is 0 Å². The van der Waals surface area contributed by atoms with E-state index in [2.05, 4.69) is 195 Å². The van der Waals surface area contributed by atoms with Gasteiger partial charge < -0.3 is 4.90 Å². The minimum absolute atomic E-state index is 0.120. The molecule has 8 aromatic rings. The second-order valence-corrected chi connectivity index (χ2v) is 13.4. The van der Waals surface area contributed by atoms with E-state index in [1.54, 1.807) is 0 Å². The summed E-state index contributed by atoms with van der Waals surface area (Å²) < 4.78 is 0. The van der Waals surface area contributed by atoms with E-state index >= 15 is 0 Å². The Hall–Kier alpha value is -5.92. The molecule has 48 heavy (non-hydrogen) atoms. The molecule has 9 rings (SSSR count). The summed E-state index contributed by atoms with van der Waals surface area (Å²) in [6.45, 7) is 4.74. The molecule has 8 aromatic carbocycles. The van der Waals surface area contributed by atoms with Gasteiger partial charge in [-0.1, -0.05) is 159 Å². The van der Waals surface area contributed by atoms with Crippen LogP contribution in [0.25, 0.3) is 54.9 Å². The number of rotatable bonds is 5. The number of anilines is 3. The van der Waals surface area contributed by atoms with Gasteiger partial charge in [0.2, 0.25) is 0 Å². The van der Waals surface area contributed by atoms with Crippen molar-refractivity contribution in [2.24, 2.45) is 0 Å². The Labute approximate surface area is 282 Å². The highest BCUT2D eigenvalue weighted by Gasteiger charge is 2.39. The molecule has 0 saturated carbocycles. The van der Waals surface area contributed by atoms with Crippen molar-refractivity contribution in [2.75, 3.05) is 4.90 Å². The van der Waals surface area contributed by atoms with Gasteiger partial charge in [-0.15, -0.1) is 0 Å². The van der Waals surface area contributed by atoms with Crippen molar-refractivity contribution in [1.82, 2.24) is 0 Å². The molecule has 0 bridgehead atoms. The Kier molecular flexibility index (Phi) is 6.55. The van der Waals surface area contributed by atoms with Gasteiger partial charge in [-0.25, -0.2) is 0 Å². The van der Waals surface area contributed by atoms with Crippen LogP contribution >= 0.6 is 0 Å². The van der Waals surface area contributed by atoms with Crippen molar-refractivity contribution in [3.8, 4) is 33.4 Å². The van der Waals surface area contributed by atoms with E-state index in [4.69, 9.17) is 0 Å². The van der Waals surface area contributed by atoms with E-state index < -0.39 is 0 Å². The molecule has 1 aliphatic rings. The number of hydrogen-bond donors (Lipinski definition) is 0. The van der Waals surface area contributed by atoms with Gasteiger partial charge in [0.05, 0.1) is 5.69 Å². The summed E-state index contributed by atoms with van der Waals surface area (Å²) >= 11 is 0. The predicted molar refractivity (Wildman–Crippen MR) is 205 cm³/mol. The first kappa shape index (κ1) is 28.3. The molecule has 0 fully saturated rings. The fourth-order valence-corrected chi connectivity index (χ4v) is 7.83.